The van der Waals surface area contributed by atoms with Crippen molar-refractivity contribution >= 4 is 0 Å². The van der Waals surface area contributed by atoms with Crippen molar-refractivity contribution in [1.82, 2.24) is 10.6 Å². The molecule has 0 aromatic rings. The van der Waals surface area contributed by atoms with Gasteiger partial charge in [-0.3, -0.25) is 0 Å². The lowest BCUT2D eigenvalue weighted by atomic mass is 9.85. The van der Waals surface area contributed by atoms with Gasteiger partial charge in [0.1, 0.15) is 0 Å². The van der Waals surface area contributed by atoms with Crippen LogP contribution in [0.15, 0.2) is 0 Å². The maximum Gasteiger partial charge on any atom is 0.0195 e. The first-order chi connectivity index (χ1) is 11.0. The maximum absolute atomic E-state index is 6.03. The van der Waals surface area contributed by atoms with E-state index in [9.17, 15) is 0 Å². The fourth-order valence-corrected chi connectivity index (χ4v) is 3.78. The quantitative estimate of drug-likeness (QED) is 0.510. The van der Waals surface area contributed by atoms with E-state index in [1.54, 1.807) is 0 Å². The Morgan fingerprint density at radius 2 is 1.61 bits per heavy atom. The molecule has 0 saturated heterocycles. The standard InChI is InChI=1S/C20H43N3/c1-16(2)10-11-22-20(12-17(3)4)15-23-19(14-21)13-18-8-6-5-7-9-18/h16-20,22-23H,5-15,21H2,1-4H3/t19-,20+/m1/s1. The van der Waals surface area contributed by atoms with Crippen molar-refractivity contribution in [2.24, 2.45) is 23.5 Å². The summed E-state index contributed by atoms with van der Waals surface area (Å²) in [5, 5.41) is 7.53. The molecule has 4 N–H and O–H groups in total. The normalized spacial score (nSPS) is 19.4. The molecule has 0 radical (unpaired) electrons. The van der Waals surface area contributed by atoms with Gasteiger partial charge in [0.15, 0.2) is 0 Å². The zero-order chi connectivity index (χ0) is 17.1. The summed E-state index contributed by atoms with van der Waals surface area (Å²) in [6.07, 6.45) is 10.9. The summed E-state index contributed by atoms with van der Waals surface area (Å²) >= 11 is 0. The molecule has 0 heterocycles. The maximum atomic E-state index is 6.03. The Labute approximate surface area is 145 Å². The molecule has 1 rings (SSSR count). The molecule has 138 valence electrons. The Morgan fingerprint density at radius 3 is 2.17 bits per heavy atom. The van der Waals surface area contributed by atoms with E-state index in [4.69, 9.17) is 5.73 Å². The van der Waals surface area contributed by atoms with Gasteiger partial charge in [0.2, 0.25) is 0 Å². The third-order valence-electron chi connectivity index (χ3n) is 5.19. The fraction of sp³-hybridized carbons (Fsp3) is 1.00. The van der Waals surface area contributed by atoms with E-state index < -0.39 is 0 Å². The van der Waals surface area contributed by atoms with Gasteiger partial charge >= 0.3 is 0 Å². The Morgan fingerprint density at radius 1 is 0.913 bits per heavy atom. The average Bonchev–Trinajstić information content (AvgIpc) is 2.51. The molecule has 0 spiro atoms. The summed E-state index contributed by atoms with van der Waals surface area (Å²) in [6.45, 7) is 12.2. The Hall–Kier alpha value is -0.120. The topological polar surface area (TPSA) is 50.1 Å². The number of rotatable bonds is 12. The van der Waals surface area contributed by atoms with Crippen molar-refractivity contribution < 1.29 is 0 Å². The van der Waals surface area contributed by atoms with Gasteiger partial charge in [0.05, 0.1) is 0 Å². The molecule has 2 atom stereocenters. The van der Waals surface area contributed by atoms with E-state index in [-0.39, 0.29) is 0 Å². The van der Waals surface area contributed by atoms with Crippen molar-refractivity contribution in [1.29, 1.82) is 0 Å². The second kappa shape index (κ2) is 12.3. The lowest BCUT2D eigenvalue weighted by molar-refractivity contribution is 0.289. The third kappa shape index (κ3) is 10.4. The molecule has 0 aromatic heterocycles. The van der Waals surface area contributed by atoms with E-state index in [2.05, 4.69) is 38.3 Å². The van der Waals surface area contributed by atoms with Crippen LogP contribution in [0.2, 0.25) is 0 Å². The minimum Gasteiger partial charge on any atom is -0.329 e. The summed E-state index contributed by atoms with van der Waals surface area (Å²) < 4.78 is 0. The Kier molecular flexibility index (Phi) is 11.2. The predicted octanol–water partition coefficient (Wildman–Crippen LogP) is 3.92. The van der Waals surface area contributed by atoms with Gasteiger partial charge in [-0.1, -0.05) is 59.8 Å². The first-order valence-corrected chi connectivity index (χ1v) is 10.2. The Balaban J connectivity index is 2.33. The molecule has 0 aromatic carbocycles. The van der Waals surface area contributed by atoms with Gasteiger partial charge < -0.3 is 16.4 Å². The van der Waals surface area contributed by atoms with E-state index in [0.717, 1.165) is 37.4 Å². The summed E-state index contributed by atoms with van der Waals surface area (Å²) in [5.41, 5.74) is 6.03. The van der Waals surface area contributed by atoms with Crippen LogP contribution in [-0.4, -0.2) is 31.7 Å². The molecule has 1 aliphatic carbocycles. The molecule has 1 fully saturated rings. The summed E-state index contributed by atoms with van der Waals surface area (Å²) in [4.78, 5) is 0. The average molecular weight is 326 g/mol. The van der Waals surface area contributed by atoms with Crippen LogP contribution in [0, 0.1) is 17.8 Å². The van der Waals surface area contributed by atoms with Crippen LogP contribution in [0.5, 0.6) is 0 Å². The van der Waals surface area contributed by atoms with Crippen LogP contribution in [0.25, 0.3) is 0 Å². The highest BCUT2D eigenvalue weighted by atomic mass is 15.0. The summed E-state index contributed by atoms with van der Waals surface area (Å²) in [6, 6.07) is 1.08. The molecular formula is C20H43N3. The molecule has 0 unspecified atom stereocenters. The summed E-state index contributed by atoms with van der Waals surface area (Å²) in [7, 11) is 0. The molecule has 1 saturated carbocycles. The van der Waals surface area contributed by atoms with Crippen LogP contribution in [0.1, 0.15) is 79.1 Å². The smallest absolute Gasteiger partial charge is 0.0195 e. The highest BCUT2D eigenvalue weighted by molar-refractivity contribution is 4.79. The molecular weight excluding hydrogens is 282 g/mol. The molecule has 0 amide bonds. The summed E-state index contributed by atoms with van der Waals surface area (Å²) in [5.74, 6) is 2.42. The second-order valence-corrected chi connectivity index (χ2v) is 8.54. The van der Waals surface area contributed by atoms with E-state index in [1.165, 1.54) is 51.4 Å². The zero-order valence-electron chi connectivity index (χ0n) is 16.2. The van der Waals surface area contributed by atoms with E-state index in [1.807, 2.05) is 0 Å². The lowest BCUT2D eigenvalue weighted by Crippen LogP contribution is -2.46. The van der Waals surface area contributed by atoms with Crippen molar-refractivity contribution in [3.05, 3.63) is 0 Å². The van der Waals surface area contributed by atoms with Gasteiger partial charge in [0, 0.05) is 25.2 Å². The monoisotopic (exact) mass is 325 g/mol. The molecule has 0 bridgehead atoms. The zero-order valence-corrected chi connectivity index (χ0v) is 16.2. The minimum absolute atomic E-state index is 0.500. The first kappa shape index (κ1) is 20.9. The highest BCUT2D eigenvalue weighted by Gasteiger charge is 2.19. The largest absolute Gasteiger partial charge is 0.329 e. The van der Waals surface area contributed by atoms with Crippen LogP contribution >= 0.6 is 0 Å². The first-order valence-electron chi connectivity index (χ1n) is 10.2. The van der Waals surface area contributed by atoms with Crippen LogP contribution in [0.3, 0.4) is 0 Å². The Bertz CT molecular complexity index is 272. The van der Waals surface area contributed by atoms with Crippen molar-refractivity contribution in [3.63, 3.8) is 0 Å². The molecule has 3 heteroatoms. The van der Waals surface area contributed by atoms with Gasteiger partial charge in [-0.15, -0.1) is 0 Å². The van der Waals surface area contributed by atoms with Gasteiger partial charge in [-0.2, -0.15) is 0 Å². The van der Waals surface area contributed by atoms with Gasteiger partial charge in [0.25, 0.3) is 0 Å². The van der Waals surface area contributed by atoms with E-state index in [0.29, 0.717) is 12.1 Å². The second-order valence-electron chi connectivity index (χ2n) is 8.54. The molecule has 3 nitrogen and oxygen atoms in total. The van der Waals surface area contributed by atoms with Crippen molar-refractivity contribution in [3.8, 4) is 0 Å². The van der Waals surface area contributed by atoms with Gasteiger partial charge in [-0.25, -0.2) is 0 Å². The number of hydrogen-bond acceptors (Lipinski definition) is 3. The minimum atomic E-state index is 0.500. The van der Waals surface area contributed by atoms with Crippen molar-refractivity contribution in [2.75, 3.05) is 19.6 Å². The number of nitrogens with two attached hydrogens (primary N) is 1. The van der Waals surface area contributed by atoms with Crippen LogP contribution in [0.4, 0.5) is 0 Å². The number of nitrogens with one attached hydrogen (secondary N) is 2. The van der Waals surface area contributed by atoms with Crippen LogP contribution in [-0.2, 0) is 0 Å². The fourth-order valence-electron chi connectivity index (χ4n) is 3.78. The van der Waals surface area contributed by atoms with Gasteiger partial charge in [-0.05, 0) is 43.6 Å². The molecule has 0 aliphatic heterocycles. The van der Waals surface area contributed by atoms with Crippen LogP contribution < -0.4 is 16.4 Å². The van der Waals surface area contributed by atoms with E-state index >= 15 is 0 Å². The third-order valence-corrected chi connectivity index (χ3v) is 5.19. The van der Waals surface area contributed by atoms with Crippen molar-refractivity contribution in [2.45, 2.75) is 91.1 Å². The highest BCUT2D eigenvalue weighted by Crippen LogP contribution is 2.27. The molecule has 23 heavy (non-hydrogen) atoms. The molecule has 1 aliphatic rings. The SMILES string of the molecule is CC(C)CCN[C@H](CN[C@@H](CN)CC1CCCCC1)CC(C)C. The number of hydrogen-bond donors (Lipinski definition) is 3. The predicted molar refractivity (Wildman–Crippen MR) is 103 cm³/mol. The lowest BCUT2D eigenvalue weighted by Gasteiger charge is -2.29.